The fourth-order valence-electron chi connectivity index (χ4n) is 1.38. The maximum Gasteiger partial charge on any atom is 0.315 e. The molecular formula is C11H13N3O2S. The number of rotatable bonds is 4. The molecule has 0 spiro atoms. The summed E-state index contributed by atoms with van der Waals surface area (Å²) in [6, 6.07) is 7.56. The second-order valence-corrected chi connectivity index (χ2v) is 4.52. The molecule has 0 bridgehead atoms. The molecule has 0 unspecified atom stereocenters. The number of nitrogens with zero attached hydrogens (tertiary/aromatic N) is 1. The molecule has 90 valence electrons. The lowest BCUT2D eigenvalue weighted by molar-refractivity contribution is 0.234. The van der Waals surface area contributed by atoms with E-state index in [2.05, 4.69) is 15.6 Å². The molecule has 2 amide bonds. The smallest absolute Gasteiger partial charge is 0.315 e. The number of hydrogen-bond acceptors (Lipinski definition) is 4. The average molecular weight is 251 g/mol. The lowest BCUT2D eigenvalue weighted by Gasteiger charge is -2.03. The molecule has 3 N–H and O–H groups in total. The standard InChI is InChI=1S/C11H13N3O2S/c15-6-5-12-11(16)13-7-10-14-8-3-1-2-4-9(8)17-10/h1-4,15H,5-7H2,(H2,12,13,16). The van der Waals surface area contributed by atoms with Gasteiger partial charge in [-0.3, -0.25) is 0 Å². The van der Waals surface area contributed by atoms with Crippen molar-refractivity contribution in [3.63, 3.8) is 0 Å². The molecule has 1 aromatic heterocycles. The number of para-hydroxylation sites is 1. The molecule has 5 nitrogen and oxygen atoms in total. The molecule has 0 fully saturated rings. The zero-order valence-electron chi connectivity index (χ0n) is 9.14. The lowest BCUT2D eigenvalue weighted by atomic mass is 10.3. The SMILES string of the molecule is O=C(NCCO)NCc1nc2ccccc2s1. The van der Waals surface area contributed by atoms with Crippen LogP contribution in [0.1, 0.15) is 5.01 Å². The number of benzene rings is 1. The van der Waals surface area contributed by atoms with Gasteiger partial charge in [0.1, 0.15) is 5.01 Å². The van der Waals surface area contributed by atoms with Crippen LogP contribution in [0.2, 0.25) is 0 Å². The molecule has 0 saturated carbocycles. The summed E-state index contributed by atoms with van der Waals surface area (Å²) in [5.41, 5.74) is 0.949. The molecule has 0 atom stereocenters. The van der Waals surface area contributed by atoms with E-state index < -0.39 is 0 Å². The predicted molar refractivity (Wildman–Crippen MR) is 66.9 cm³/mol. The monoisotopic (exact) mass is 251 g/mol. The van der Waals surface area contributed by atoms with Crippen molar-refractivity contribution < 1.29 is 9.90 Å². The van der Waals surface area contributed by atoms with Gasteiger partial charge in [0.25, 0.3) is 0 Å². The maximum absolute atomic E-state index is 11.2. The van der Waals surface area contributed by atoms with E-state index in [1.807, 2.05) is 24.3 Å². The molecular weight excluding hydrogens is 238 g/mol. The van der Waals surface area contributed by atoms with Crippen molar-refractivity contribution in [3.05, 3.63) is 29.3 Å². The first-order chi connectivity index (χ1) is 8.29. The highest BCUT2D eigenvalue weighted by atomic mass is 32.1. The Labute approximate surface area is 102 Å². The Morgan fingerprint density at radius 1 is 1.35 bits per heavy atom. The summed E-state index contributed by atoms with van der Waals surface area (Å²) < 4.78 is 1.11. The van der Waals surface area contributed by atoms with Crippen LogP contribution in [-0.4, -0.2) is 29.3 Å². The zero-order chi connectivity index (χ0) is 12.1. The van der Waals surface area contributed by atoms with Crippen molar-refractivity contribution in [1.82, 2.24) is 15.6 Å². The Morgan fingerprint density at radius 2 is 2.18 bits per heavy atom. The number of hydrogen-bond donors (Lipinski definition) is 3. The first-order valence-corrected chi connectivity index (χ1v) is 6.08. The topological polar surface area (TPSA) is 74.2 Å². The van der Waals surface area contributed by atoms with Crippen molar-refractivity contribution in [2.45, 2.75) is 6.54 Å². The largest absolute Gasteiger partial charge is 0.395 e. The quantitative estimate of drug-likeness (QED) is 0.761. The molecule has 0 saturated heterocycles. The molecule has 0 aliphatic carbocycles. The Morgan fingerprint density at radius 3 is 2.94 bits per heavy atom. The van der Waals surface area contributed by atoms with Gasteiger partial charge in [0.05, 0.1) is 23.4 Å². The van der Waals surface area contributed by atoms with Crippen molar-refractivity contribution >= 4 is 27.6 Å². The van der Waals surface area contributed by atoms with Crippen LogP contribution in [0.15, 0.2) is 24.3 Å². The highest BCUT2D eigenvalue weighted by Crippen LogP contribution is 2.21. The van der Waals surface area contributed by atoms with Crippen LogP contribution in [0.25, 0.3) is 10.2 Å². The number of aliphatic hydroxyl groups excluding tert-OH is 1. The van der Waals surface area contributed by atoms with E-state index in [-0.39, 0.29) is 19.2 Å². The number of amides is 2. The second kappa shape index (κ2) is 5.60. The molecule has 0 aliphatic heterocycles. The van der Waals surface area contributed by atoms with Gasteiger partial charge in [-0.2, -0.15) is 0 Å². The fraction of sp³-hybridized carbons (Fsp3) is 0.273. The van der Waals surface area contributed by atoms with Gasteiger partial charge in [-0.05, 0) is 12.1 Å². The summed E-state index contributed by atoms with van der Waals surface area (Å²) in [4.78, 5) is 15.6. The van der Waals surface area contributed by atoms with Crippen molar-refractivity contribution in [1.29, 1.82) is 0 Å². The van der Waals surface area contributed by atoms with Crippen molar-refractivity contribution in [3.8, 4) is 0 Å². The number of thiazole rings is 1. The highest BCUT2D eigenvalue weighted by Gasteiger charge is 2.04. The van der Waals surface area contributed by atoms with E-state index >= 15 is 0 Å². The number of carbonyl (C=O) groups is 1. The molecule has 1 aromatic carbocycles. The summed E-state index contributed by atoms with van der Waals surface area (Å²) >= 11 is 1.56. The number of aromatic nitrogens is 1. The van der Waals surface area contributed by atoms with Gasteiger partial charge in [-0.1, -0.05) is 12.1 Å². The van der Waals surface area contributed by atoms with Gasteiger partial charge >= 0.3 is 6.03 Å². The van der Waals surface area contributed by atoms with Crippen LogP contribution in [0, 0.1) is 0 Å². The summed E-state index contributed by atoms with van der Waals surface area (Å²) in [6.07, 6.45) is 0. The summed E-state index contributed by atoms with van der Waals surface area (Å²) in [6.45, 7) is 0.594. The van der Waals surface area contributed by atoms with E-state index in [0.717, 1.165) is 15.2 Å². The van der Waals surface area contributed by atoms with Crippen LogP contribution >= 0.6 is 11.3 Å². The third-order valence-corrected chi connectivity index (χ3v) is 3.17. The number of carbonyl (C=O) groups excluding carboxylic acids is 1. The lowest BCUT2D eigenvalue weighted by Crippen LogP contribution is -2.36. The molecule has 0 aliphatic rings. The van der Waals surface area contributed by atoms with Crippen molar-refractivity contribution in [2.24, 2.45) is 0 Å². The Hall–Kier alpha value is -1.66. The molecule has 0 radical (unpaired) electrons. The third-order valence-electron chi connectivity index (χ3n) is 2.14. The Kier molecular flexibility index (Phi) is 3.89. The first-order valence-electron chi connectivity index (χ1n) is 5.26. The van der Waals surface area contributed by atoms with Gasteiger partial charge in [-0.25, -0.2) is 9.78 Å². The number of urea groups is 1. The molecule has 6 heteroatoms. The van der Waals surface area contributed by atoms with E-state index in [0.29, 0.717) is 6.54 Å². The van der Waals surface area contributed by atoms with Crippen LogP contribution in [0.4, 0.5) is 4.79 Å². The van der Waals surface area contributed by atoms with E-state index in [1.54, 1.807) is 11.3 Å². The zero-order valence-corrected chi connectivity index (χ0v) is 9.96. The van der Waals surface area contributed by atoms with Gasteiger partial charge in [0.15, 0.2) is 0 Å². The van der Waals surface area contributed by atoms with Gasteiger partial charge in [0, 0.05) is 6.54 Å². The normalized spacial score (nSPS) is 10.4. The predicted octanol–water partition coefficient (Wildman–Crippen LogP) is 1.09. The Bertz CT molecular complexity index is 479. The van der Waals surface area contributed by atoms with E-state index in [4.69, 9.17) is 5.11 Å². The minimum absolute atomic E-state index is 0.0610. The number of nitrogens with one attached hydrogen (secondary N) is 2. The van der Waals surface area contributed by atoms with Crippen LogP contribution < -0.4 is 10.6 Å². The minimum atomic E-state index is -0.293. The molecule has 1 heterocycles. The molecule has 2 rings (SSSR count). The maximum atomic E-state index is 11.2. The summed E-state index contributed by atoms with van der Waals surface area (Å²) in [5.74, 6) is 0. The fourth-order valence-corrected chi connectivity index (χ4v) is 2.29. The molecule has 17 heavy (non-hydrogen) atoms. The van der Waals surface area contributed by atoms with E-state index in [1.165, 1.54) is 0 Å². The van der Waals surface area contributed by atoms with Crippen LogP contribution in [0.5, 0.6) is 0 Å². The Balaban J connectivity index is 1.92. The van der Waals surface area contributed by atoms with Gasteiger partial charge in [-0.15, -0.1) is 11.3 Å². The van der Waals surface area contributed by atoms with Gasteiger partial charge in [0.2, 0.25) is 0 Å². The highest BCUT2D eigenvalue weighted by molar-refractivity contribution is 7.18. The third kappa shape index (κ3) is 3.15. The summed E-state index contributed by atoms with van der Waals surface area (Å²) in [5, 5.41) is 14.6. The molecule has 2 aromatic rings. The van der Waals surface area contributed by atoms with Gasteiger partial charge < -0.3 is 15.7 Å². The van der Waals surface area contributed by atoms with Crippen LogP contribution in [0.3, 0.4) is 0 Å². The number of aliphatic hydroxyl groups is 1. The van der Waals surface area contributed by atoms with Crippen LogP contribution in [-0.2, 0) is 6.54 Å². The second-order valence-electron chi connectivity index (χ2n) is 3.41. The average Bonchev–Trinajstić information content (AvgIpc) is 2.76. The minimum Gasteiger partial charge on any atom is -0.395 e. The van der Waals surface area contributed by atoms with Crippen molar-refractivity contribution in [2.75, 3.05) is 13.2 Å². The number of fused-ring (bicyclic) bond motifs is 1. The van der Waals surface area contributed by atoms with E-state index in [9.17, 15) is 4.79 Å². The summed E-state index contributed by atoms with van der Waals surface area (Å²) in [7, 11) is 0. The first kappa shape index (κ1) is 11.8.